The highest BCUT2D eigenvalue weighted by atomic mass is 32.1. The number of nitrogens with one attached hydrogen (secondary N) is 2. The minimum atomic E-state index is 0.0621. The van der Waals surface area contributed by atoms with E-state index in [2.05, 4.69) is 77.3 Å². The lowest BCUT2D eigenvalue weighted by Crippen LogP contribution is -2.44. The number of hydrogen-bond acceptors (Lipinski definition) is 2. The van der Waals surface area contributed by atoms with Crippen LogP contribution in [0.3, 0.4) is 0 Å². The van der Waals surface area contributed by atoms with Crippen LogP contribution in [-0.2, 0) is 11.8 Å². The zero-order valence-corrected chi connectivity index (χ0v) is 14.4. The smallest absolute Gasteiger partial charge is 0.191 e. The Bertz CT molecular complexity index is 574. The molecule has 0 spiro atoms. The van der Waals surface area contributed by atoms with Crippen molar-refractivity contribution in [3.05, 3.63) is 58.3 Å². The largest absolute Gasteiger partial charge is 0.356 e. The molecule has 0 amide bonds. The summed E-state index contributed by atoms with van der Waals surface area (Å²) in [6.07, 6.45) is 1.03. The predicted molar refractivity (Wildman–Crippen MR) is 96.9 cm³/mol. The lowest BCUT2D eigenvalue weighted by Gasteiger charge is -2.26. The summed E-state index contributed by atoms with van der Waals surface area (Å²) in [4.78, 5) is 5.70. The predicted octanol–water partition coefficient (Wildman–Crippen LogP) is 3.43. The van der Waals surface area contributed by atoms with Crippen LogP contribution in [0.2, 0.25) is 0 Å². The molecule has 2 rings (SSSR count). The molecule has 0 atom stereocenters. The number of benzene rings is 1. The second-order valence-corrected chi connectivity index (χ2v) is 6.96. The summed E-state index contributed by atoms with van der Waals surface area (Å²) >= 11 is 1.80. The summed E-state index contributed by atoms with van der Waals surface area (Å²) in [6.45, 7) is 6.23. The van der Waals surface area contributed by atoms with Gasteiger partial charge in [-0.1, -0.05) is 50.2 Å². The molecule has 1 heterocycles. The van der Waals surface area contributed by atoms with E-state index in [9.17, 15) is 0 Å². The van der Waals surface area contributed by atoms with Gasteiger partial charge in [0.1, 0.15) is 0 Å². The van der Waals surface area contributed by atoms with Gasteiger partial charge in [-0.2, -0.15) is 0 Å². The van der Waals surface area contributed by atoms with Crippen molar-refractivity contribution in [2.45, 2.75) is 25.7 Å². The second-order valence-electron chi connectivity index (χ2n) is 5.93. The molecule has 2 N–H and O–H groups in total. The first-order valence-corrected chi connectivity index (χ1v) is 8.52. The van der Waals surface area contributed by atoms with Crippen LogP contribution in [0.5, 0.6) is 0 Å². The van der Waals surface area contributed by atoms with Crippen LogP contribution in [-0.4, -0.2) is 26.1 Å². The van der Waals surface area contributed by atoms with Gasteiger partial charge in [0, 0.05) is 30.4 Å². The molecule has 0 bridgehead atoms. The number of hydrogen-bond donors (Lipinski definition) is 2. The zero-order chi connectivity index (χ0) is 15.8. The van der Waals surface area contributed by atoms with E-state index in [1.54, 1.807) is 11.3 Å². The molecule has 2 aromatic rings. The lowest BCUT2D eigenvalue weighted by atomic mass is 9.85. The van der Waals surface area contributed by atoms with E-state index in [1.165, 1.54) is 10.4 Å². The fourth-order valence-corrected chi connectivity index (χ4v) is 2.98. The minimum absolute atomic E-state index is 0.0621. The first kappa shape index (κ1) is 16.6. The molecular formula is C18H25N3S. The van der Waals surface area contributed by atoms with Gasteiger partial charge in [0.05, 0.1) is 0 Å². The van der Waals surface area contributed by atoms with E-state index in [0.29, 0.717) is 0 Å². The molecule has 0 saturated heterocycles. The molecule has 0 saturated carbocycles. The molecule has 0 aliphatic carbocycles. The van der Waals surface area contributed by atoms with Crippen molar-refractivity contribution < 1.29 is 0 Å². The van der Waals surface area contributed by atoms with Crippen LogP contribution >= 0.6 is 11.3 Å². The van der Waals surface area contributed by atoms with Gasteiger partial charge in [0.2, 0.25) is 0 Å². The SMILES string of the molecule is CN=C(NCCc1cccs1)NCC(C)(C)c1ccccc1. The van der Waals surface area contributed by atoms with Crippen molar-refractivity contribution in [2.75, 3.05) is 20.1 Å². The molecule has 0 unspecified atom stereocenters. The summed E-state index contributed by atoms with van der Waals surface area (Å²) in [5, 5.41) is 8.92. The topological polar surface area (TPSA) is 36.4 Å². The Kier molecular flexibility index (Phi) is 6.01. The summed E-state index contributed by atoms with van der Waals surface area (Å²) in [5.74, 6) is 0.862. The monoisotopic (exact) mass is 315 g/mol. The second kappa shape index (κ2) is 7.99. The fourth-order valence-electron chi connectivity index (χ4n) is 2.28. The van der Waals surface area contributed by atoms with Crippen molar-refractivity contribution in [1.29, 1.82) is 0 Å². The van der Waals surface area contributed by atoms with Crippen LogP contribution in [0.1, 0.15) is 24.3 Å². The maximum Gasteiger partial charge on any atom is 0.191 e. The number of thiophene rings is 1. The standard InChI is InChI=1S/C18H25N3S/c1-18(2,15-8-5-4-6-9-15)14-21-17(19-3)20-12-11-16-10-7-13-22-16/h4-10,13H,11-12,14H2,1-3H3,(H2,19,20,21). The Morgan fingerprint density at radius 1 is 1.09 bits per heavy atom. The number of aliphatic imine (C=N–C) groups is 1. The molecule has 0 radical (unpaired) electrons. The molecule has 1 aromatic heterocycles. The third kappa shape index (κ3) is 4.88. The molecule has 3 nitrogen and oxygen atoms in total. The molecule has 22 heavy (non-hydrogen) atoms. The zero-order valence-electron chi connectivity index (χ0n) is 13.6. The van der Waals surface area contributed by atoms with Gasteiger partial charge in [-0.3, -0.25) is 4.99 Å². The first-order valence-electron chi connectivity index (χ1n) is 7.64. The lowest BCUT2D eigenvalue weighted by molar-refractivity contribution is 0.509. The summed E-state index contributed by atoms with van der Waals surface area (Å²) < 4.78 is 0. The highest BCUT2D eigenvalue weighted by molar-refractivity contribution is 7.09. The van der Waals surface area contributed by atoms with Crippen LogP contribution in [0.25, 0.3) is 0 Å². The third-order valence-corrected chi connectivity index (χ3v) is 4.66. The average Bonchev–Trinajstić information content (AvgIpc) is 3.05. The third-order valence-electron chi connectivity index (χ3n) is 3.72. The quantitative estimate of drug-likeness (QED) is 0.633. The van der Waals surface area contributed by atoms with Crippen molar-refractivity contribution in [3.63, 3.8) is 0 Å². The van der Waals surface area contributed by atoms with Crippen molar-refractivity contribution in [3.8, 4) is 0 Å². The van der Waals surface area contributed by atoms with Crippen molar-refractivity contribution in [2.24, 2.45) is 4.99 Å². The molecule has 0 fully saturated rings. The Hall–Kier alpha value is -1.81. The van der Waals surface area contributed by atoms with E-state index >= 15 is 0 Å². The Morgan fingerprint density at radius 3 is 2.50 bits per heavy atom. The Labute approximate surface area is 137 Å². The van der Waals surface area contributed by atoms with Crippen LogP contribution < -0.4 is 10.6 Å². The summed E-state index contributed by atoms with van der Waals surface area (Å²) in [7, 11) is 1.82. The first-order chi connectivity index (χ1) is 10.6. The number of nitrogens with zero attached hydrogens (tertiary/aromatic N) is 1. The van der Waals surface area contributed by atoms with Gasteiger partial charge in [-0.25, -0.2) is 0 Å². The molecule has 0 aliphatic rings. The normalized spacial score (nSPS) is 12.2. The molecule has 1 aromatic carbocycles. The number of guanidine groups is 1. The van der Waals surface area contributed by atoms with E-state index in [0.717, 1.165) is 25.5 Å². The van der Waals surface area contributed by atoms with Gasteiger partial charge in [-0.15, -0.1) is 11.3 Å². The van der Waals surface area contributed by atoms with Gasteiger partial charge in [0.15, 0.2) is 5.96 Å². The molecular weight excluding hydrogens is 290 g/mol. The van der Waals surface area contributed by atoms with Crippen LogP contribution in [0.15, 0.2) is 52.8 Å². The summed E-state index contributed by atoms with van der Waals surface area (Å²) in [6, 6.07) is 14.8. The highest BCUT2D eigenvalue weighted by Crippen LogP contribution is 2.21. The van der Waals surface area contributed by atoms with Gasteiger partial charge < -0.3 is 10.6 Å². The van der Waals surface area contributed by atoms with E-state index < -0.39 is 0 Å². The highest BCUT2D eigenvalue weighted by Gasteiger charge is 2.20. The number of rotatable bonds is 6. The summed E-state index contributed by atoms with van der Waals surface area (Å²) in [5.41, 5.74) is 1.39. The maximum absolute atomic E-state index is 4.30. The minimum Gasteiger partial charge on any atom is -0.356 e. The maximum atomic E-state index is 4.30. The van der Waals surface area contributed by atoms with E-state index in [-0.39, 0.29) is 5.41 Å². The molecule has 118 valence electrons. The van der Waals surface area contributed by atoms with Gasteiger partial charge in [0.25, 0.3) is 0 Å². The van der Waals surface area contributed by atoms with Crippen LogP contribution in [0.4, 0.5) is 0 Å². The van der Waals surface area contributed by atoms with Gasteiger partial charge in [-0.05, 0) is 23.4 Å². The molecule has 4 heteroatoms. The van der Waals surface area contributed by atoms with Crippen LogP contribution in [0, 0.1) is 0 Å². The average molecular weight is 315 g/mol. The van der Waals surface area contributed by atoms with Gasteiger partial charge >= 0.3 is 0 Å². The van der Waals surface area contributed by atoms with Crippen molar-refractivity contribution >= 4 is 17.3 Å². The Balaban J connectivity index is 1.80. The fraction of sp³-hybridized carbons (Fsp3) is 0.389. The Morgan fingerprint density at radius 2 is 1.86 bits per heavy atom. The van der Waals surface area contributed by atoms with E-state index in [1.807, 2.05) is 7.05 Å². The molecule has 0 aliphatic heterocycles. The van der Waals surface area contributed by atoms with Crippen molar-refractivity contribution in [1.82, 2.24) is 10.6 Å². The van der Waals surface area contributed by atoms with E-state index in [4.69, 9.17) is 0 Å².